The van der Waals surface area contributed by atoms with Crippen LogP contribution in [0.4, 0.5) is 0 Å². The summed E-state index contributed by atoms with van der Waals surface area (Å²) in [4.78, 5) is 28.8. The Labute approximate surface area is 162 Å². The van der Waals surface area contributed by atoms with Gasteiger partial charge in [-0.3, -0.25) is 14.5 Å². The summed E-state index contributed by atoms with van der Waals surface area (Å²) in [7, 11) is 0. The van der Waals surface area contributed by atoms with Crippen LogP contribution in [0.1, 0.15) is 15.9 Å². The first-order chi connectivity index (χ1) is 13.6. The smallest absolute Gasteiger partial charge is 0.253 e. The minimum absolute atomic E-state index is 0.0213. The van der Waals surface area contributed by atoms with E-state index in [1.165, 1.54) is 6.07 Å². The van der Waals surface area contributed by atoms with Crippen molar-refractivity contribution in [2.24, 2.45) is 0 Å². The Balaban J connectivity index is 1.52. The van der Waals surface area contributed by atoms with Crippen molar-refractivity contribution in [3.05, 3.63) is 53.6 Å². The standard InChI is InChI=1S/C21H20N4O3/c22-12-14-1-6-19(26)17(11-14)15-2-4-16(5-3-15)21(28)25-10-9-24-8-7-23-20(27)18(24)13-25/h1-6,11,18,26H,7-10,13H2,(H,23,27)/t18-/m0/s1. The lowest BCUT2D eigenvalue weighted by Gasteiger charge is -2.43. The Morgan fingerprint density at radius 2 is 1.93 bits per heavy atom. The van der Waals surface area contributed by atoms with E-state index in [1.54, 1.807) is 41.3 Å². The van der Waals surface area contributed by atoms with Crippen LogP contribution in [-0.2, 0) is 4.79 Å². The summed E-state index contributed by atoms with van der Waals surface area (Å²) in [6.07, 6.45) is 0. The number of hydrogen-bond donors (Lipinski definition) is 2. The molecule has 2 heterocycles. The van der Waals surface area contributed by atoms with Gasteiger partial charge < -0.3 is 15.3 Å². The fourth-order valence-corrected chi connectivity index (χ4v) is 3.77. The molecule has 2 fully saturated rings. The molecule has 1 atom stereocenters. The lowest BCUT2D eigenvalue weighted by molar-refractivity contribution is -0.131. The number of benzene rings is 2. The molecule has 28 heavy (non-hydrogen) atoms. The van der Waals surface area contributed by atoms with Crippen molar-refractivity contribution in [3.8, 4) is 22.9 Å². The molecule has 7 nitrogen and oxygen atoms in total. The highest BCUT2D eigenvalue weighted by Crippen LogP contribution is 2.30. The van der Waals surface area contributed by atoms with E-state index < -0.39 is 0 Å². The fraction of sp³-hybridized carbons (Fsp3) is 0.286. The summed E-state index contributed by atoms with van der Waals surface area (Å²) < 4.78 is 0. The van der Waals surface area contributed by atoms with Crippen molar-refractivity contribution < 1.29 is 14.7 Å². The zero-order valence-electron chi connectivity index (χ0n) is 15.3. The maximum atomic E-state index is 12.9. The van der Waals surface area contributed by atoms with Crippen LogP contribution in [0.3, 0.4) is 0 Å². The largest absolute Gasteiger partial charge is 0.507 e. The number of piperazine rings is 2. The number of nitrogens with one attached hydrogen (secondary N) is 1. The van der Waals surface area contributed by atoms with Crippen molar-refractivity contribution in [2.45, 2.75) is 6.04 Å². The number of carbonyl (C=O) groups excluding carboxylic acids is 2. The van der Waals surface area contributed by atoms with Crippen LogP contribution in [0.15, 0.2) is 42.5 Å². The second kappa shape index (κ2) is 7.33. The van der Waals surface area contributed by atoms with Gasteiger partial charge in [0.05, 0.1) is 11.6 Å². The third-order valence-corrected chi connectivity index (χ3v) is 5.35. The van der Waals surface area contributed by atoms with Crippen LogP contribution in [-0.4, -0.2) is 65.5 Å². The number of phenolic OH excluding ortho intramolecular Hbond substituents is 1. The van der Waals surface area contributed by atoms with Crippen LogP contribution >= 0.6 is 0 Å². The highest BCUT2D eigenvalue weighted by atomic mass is 16.3. The molecule has 2 N–H and O–H groups in total. The average Bonchev–Trinajstić information content (AvgIpc) is 2.74. The van der Waals surface area contributed by atoms with Gasteiger partial charge in [0, 0.05) is 43.9 Å². The molecule has 2 amide bonds. The summed E-state index contributed by atoms with van der Waals surface area (Å²) >= 11 is 0. The molecule has 2 aliphatic rings. The van der Waals surface area contributed by atoms with Gasteiger partial charge in [0.1, 0.15) is 11.8 Å². The summed E-state index contributed by atoms with van der Waals surface area (Å²) in [5.74, 6) is -0.0518. The molecule has 2 aliphatic heterocycles. The molecule has 0 spiro atoms. The molecule has 2 aromatic carbocycles. The maximum Gasteiger partial charge on any atom is 0.253 e. The number of nitrogens with zero attached hydrogens (tertiary/aromatic N) is 3. The van der Waals surface area contributed by atoms with Gasteiger partial charge in [-0.2, -0.15) is 5.26 Å². The molecule has 0 aromatic heterocycles. The van der Waals surface area contributed by atoms with Crippen LogP contribution in [0, 0.1) is 11.3 Å². The highest BCUT2D eigenvalue weighted by molar-refractivity contribution is 5.95. The fourth-order valence-electron chi connectivity index (χ4n) is 3.77. The second-order valence-electron chi connectivity index (χ2n) is 7.02. The highest BCUT2D eigenvalue weighted by Gasteiger charge is 2.36. The quantitative estimate of drug-likeness (QED) is 0.821. The van der Waals surface area contributed by atoms with E-state index in [2.05, 4.69) is 16.3 Å². The maximum absolute atomic E-state index is 12.9. The Bertz CT molecular complexity index is 965. The summed E-state index contributed by atoms with van der Waals surface area (Å²) in [5.41, 5.74) is 2.26. The number of hydrogen-bond acceptors (Lipinski definition) is 5. The van der Waals surface area contributed by atoms with E-state index in [1.807, 2.05) is 0 Å². The minimum atomic E-state index is -0.281. The summed E-state index contributed by atoms with van der Waals surface area (Å²) in [6, 6.07) is 13.4. The molecule has 0 saturated carbocycles. The monoisotopic (exact) mass is 376 g/mol. The number of amides is 2. The molecule has 2 aromatic rings. The Kier molecular flexibility index (Phi) is 4.72. The first-order valence-corrected chi connectivity index (χ1v) is 9.21. The molecule has 0 unspecified atom stereocenters. The van der Waals surface area contributed by atoms with Gasteiger partial charge in [0.25, 0.3) is 5.91 Å². The van der Waals surface area contributed by atoms with Gasteiger partial charge in [-0.05, 0) is 35.9 Å². The molecule has 0 radical (unpaired) electrons. The van der Waals surface area contributed by atoms with Crippen molar-refractivity contribution >= 4 is 11.8 Å². The van der Waals surface area contributed by atoms with Crippen molar-refractivity contribution in [1.29, 1.82) is 5.26 Å². The topological polar surface area (TPSA) is 96.7 Å². The molecule has 0 aliphatic carbocycles. The Morgan fingerprint density at radius 3 is 2.68 bits per heavy atom. The van der Waals surface area contributed by atoms with Crippen LogP contribution < -0.4 is 5.32 Å². The van der Waals surface area contributed by atoms with E-state index in [9.17, 15) is 14.7 Å². The van der Waals surface area contributed by atoms with Crippen molar-refractivity contribution in [2.75, 3.05) is 32.7 Å². The molecular weight excluding hydrogens is 356 g/mol. The first-order valence-electron chi connectivity index (χ1n) is 9.21. The molecule has 2 saturated heterocycles. The third kappa shape index (κ3) is 3.30. The molecule has 142 valence electrons. The van der Waals surface area contributed by atoms with Crippen LogP contribution in [0.5, 0.6) is 5.75 Å². The number of fused-ring (bicyclic) bond motifs is 1. The minimum Gasteiger partial charge on any atom is -0.507 e. The first kappa shape index (κ1) is 18.0. The van der Waals surface area contributed by atoms with E-state index in [0.717, 1.165) is 12.1 Å². The van der Waals surface area contributed by atoms with Gasteiger partial charge >= 0.3 is 0 Å². The van der Waals surface area contributed by atoms with Crippen molar-refractivity contribution in [1.82, 2.24) is 15.1 Å². The zero-order valence-corrected chi connectivity index (χ0v) is 15.3. The van der Waals surface area contributed by atoms with Crippen LogP contribution in [0.2, 0.25) is 0 Å². The van der Waals surface area contributed by atoms with Crippen LogP contribution in [0.25, 0.3) is 11.1 Å². The molecule has 4 rings (SSSR count). The van der Waals surface area contributed by atoms with Gasteiger partial charge in [-0.1, -0.05) is 12.1 Å². The average molecular weight is 376 g/mol. The summed E-state index contributed by atoms with van der Waals surface area (Å²) in [5, 5.41) is 22.0. The normalized spacial score (nSPS) is 19.5. The van der Waals surface area contributed by atoms with Gasteiger partial charge in [-0.15, -0.1) is 0 Å². The van der Waals surface area contributed by atoms with E-state index in [0.29, 0.717) is 42.9 Å². The summed E-state index contributed by atoms with van der Waals surface area (Å²) in [6.45, 7) is 3.15. The van der Waals surface area contributed by atoms with E-state index in [4.69, 9.17) is 5.26 Å². The Hall–Kier alpha value is -3.37. The number of carbonyl (C=O) groups is 2. The van der Waals surface area contributed by atoms with Crippen molar-refractivity contribution in [3.63, 3.8) is 0 Å². The predicted molar refractivity (Wildman–Crippen MR) is 103 cm³/mol. The SMILES string of the molecule is N#Cc1ccc(O)c(-c2ccc(C(=O)N3CCN4CCNC(=O)[C@@H]4C3)cc2)c1. The molecule has 7 heteroatoms. The number of rotatable bonds is 2. The van der Waals surface area contributed by atoms with Gasteiger partial charge in [0.2, 0.25) is 5.91 Å². The number of nitriles is 1. The predicted octanol–water partition coefficient (Wildman–Crippen LogP) is 1.19. The Morgan fingerprint density at radius 1 is 1.14 bits per heavy atom. The second-order valence-corrected chi connectivity index (χ2v) is 7.02. The van der Waals surface area contributed by atoms with E-state index in [-0.39, 0.29) is 23.6 Å². The number of aromatic hydroxyl groups is 1. The molecule has 0 bridgehead atoms. The van der Waals surface area contributed by atoms with E-state index >= 15 is 0 Å². The lowest BCUT2D eigenvalue weighted by Crippen LogP contribution is -2.64. The van der Waals surface area contributed by atoms with Gasteiger partial charge in [0.15, 0.2) is 0 Å². The number of phenols is 1. The van der Waals surface area contributed by atoms with Gasteiger partial charge in [-0.25, -0.2) is 0 Å². The molecular formula is C21H20N4O3. The lowest BCUT2D eigenvalue weighted by atomic mass is 10.0. The zero-order chi connectivity index (χ0) is 19.7. The third-order valence-electron chi connectivity index (χ3n) is 5.35.